The van der Waals surface area contributed by atoms with Crippen molar-refractivity contribution in [3.8, 4) is 11.8 Å². The molecule has 0 radical (unpaired) electrons. The summed E-state index contributed by atoms with van der Waals surface area (Å²) in [6.45, 7) is 0. The van der Waals surface area contributed by atoms with Gasteiger partial charge < -0.3 is 9.67 Å². The Hall–Kier alpha value is -3.13. The van der Waals surface area contributed by atoms with Gasteiger partial charge in [-0.25, -0.2) is 9.78 Å². The van der Waals surface area contributed by atoms with Gasteiger partial charge >= 0.3 is 5.97 Å². The van der Waals surface area contributed by atoms with Crippen molar-refractivity contribution in [1.82, 2.24) is 9.55 Å². The van der Waals surface area contributed by atoms with Crippen LogP contribution in [0.15, 0.2) is 48.8 Å². The van der Waals surface area contributed by atoms with Crippen molar-refractivity contribution >= 4 is 16.9 Å². The average Bonchev–Trinajstić information content (AvgIpc) is 2.87. The van der Waals surface area contributed by atoms with Gasteiger partial charge in [-0.05, 0) is 18.2 Å². The number of rotatable bonds is 2. The molecule has 2 aromatic heterocycles. The fraction of sp³-hybridized carbons (Fsp3) is 0. The summed E-state index contributed by atoms with van der Waals surface area (Å²) < 4.78 is 1.75. The highest BCUT2D eigenvalue weighted by Crippen LogP contribution is 2.24. The fourth-order valence-corrected chi connectivity index (χ4v) is 2.19. The van der Waals surface area contributed by atoms with Crippen LogP contribution in [0.3, 0.4) is 0 Å². The zero-order valence-corrected chi connectivity index (χ0v) is 10.3. The third kappa shape index (κ3) is 1.80. The van der Waals surface area contributed by atoms with Crippen molar-refractivity contribution < 1.29 is 9.90 Å². The lowest BCUT2D eigenvalue weighted by Crippen LogP contribution is -1.96. The highest BCUT2D eigenvalue weighted by molar-refractivity contribution is 6.04. The summed E-state index contributed by atoms with van der Waals surface area (Å²) in [5.41, 5.74) is 2.01. The van der Waals surface area contributed by atoms with E-state index in [0.29, 0.717) is 11.1 Å². The molecule has 0 atom stereocenters. The molecule has 3 rings (SSSR count). The summed E-state index contributed by atoms with van der Waals surface area (Å²) in [5.74, 6) is -0.977. The van der Waals surface area contributed by atoms with Crippen molar-refractivity contribution in [3.63, 3.8) is 0 Å². The smallest absolute Gasteiger partial charge is 0.337 e. The molecule has 5 heteroatoms. The van der Waals surface area contributed by atoms with Gasteiger partial charge in [0.05, 0.1) is 11.1 Å². The molecule has 0 saturated carbocycles. The second kappa shape index (κ2) is 4.52. The summed E-state index contributed by atoms with van der Waals surface area (Å²) in [6.07, 6.45) is 3.09. The zero-order valence-electron chi connectivity index (χ0n) is 10.3. The lowest BCUT2D eigenvalue weighted by atomic mass is 10.2. The number of aromatic nitrogens is 2. The maximum atomic E-state index is 11.3. The van der Waals surface area contributed by atoms with Crippen molar-refractivity contribution in [2.75, 3.05) is 0 Å². The number of carboxylic acids is 1. The van der Waals surface area contributed by atoms with Crippen LogP contribution in [-0.2, 0) is 0 Å². The Bertz CT molecular complexity index is 859. The Balaban J connectivity index is 2.31. The number of pyridine rings is 1. The van der Waals surface area contributed by atoms with Crippen LogP contribution in [-0.4, -0.2) is 20.6 Å². The van der Waals surface area contributed by atoms with Crippen LogP contribution in [0.25, 0.3) is 16.6 Å². The van der Waals surface area contributed by atoms with E-state index in [1.54, 1.807) is 35.0 Å². The van der Waals surface area contributed by atoms with E-state index in [0.717, 1.165) is 5.52 Å². The quantitative estimate of drug-likeness (QED) is 0.770. The summed E-state index contributed by atoms with van der Waals surface area (Å²) >= 11 is 0. The van der Waals surface area contributed by atoms with E-state index in [1.165, 1.54) is 6.20 Å². The summed E-state index contributed by atoms with van der Waals surface area (Å²) in [6, 6.07) is 12.6. The Morgan fingerprint density at radius 1 is 1.30 bits per heavy atom. The van der Waals surface area contributed by atoms with Crippen LogP contribution >= 0.6 is 0 Å². The molecule has 20 heavy (non-hydrogen) atoms. The number of carbonyl (C=O) groups is 1. The molecule has 1 aromatic carbocycles. The molecule has 0 aliphatic carbocycles. The number of fused-ring (bicyclic) bond motifs is 1. The first-order chi connectivity index (χ1) is 9.70. The standard InChI is InChI=1S/C15H9N3O2/c16-8-10-7-11(5-6-17-10)18-9-13(15(19)20)12-3-1-2-4-14(12)18/h1-7,9H,(H,19,20). The third-order valence-corrected chi connectivity index (χ3v) is 3.08. The molecule has 0 fully saturated rings. The Labute approximate surface area is 114 Å². The first kappa shape index (κ1) is 11.9. The molecule has 0 aliphatic rings. The number of aromatic carboxylic acids is 1. The van der Waals surface area contributed by atoms with Gasteiger partial charge in [-0.1, -0.05) is 18.2 Å². The summed E-state index contributed by atoms with van der Waals surface area (Å²) in [5, 5.41) is 18.8. The molecule has 96 valence electrons. The predicted octanol–water partition coefficient (Wildman–Crippen LogP) is 2.60. The molecule has 1 N–H and O–H groups in total. The van der Waals surface area contributed by atoms with Crippen LogP contribution in [0.2, 0.25) is 0 Å². The van der Waals surface area contributed by atoms with Crippen molar-refractivity contribution in [1.29, 1.82) is 5.26 Å². The van der Waals surface area contributed by atoms with E-state index in [1.807, 2.05) is 18.2 Å². The SMILES string of the molecule is N#Cc1cc(-n2cc(C(=O)O)c3ccccc32)ccn1. The summed E-state index contributed by atoms with van der Waals surface area (Å²) in [7, 11) is 0. The minimum absolute atomic E-state index is 0.232. The first-order valence-electron chi connectivity index (χ1n) is 5.90. The number of para-hydroxylation sites is 1. The highest BCUT2D eigenvalue weighted by Gasteiger charge is 2.14. The summed E-state index contributed by atoms with van der Waals surface area (Å²) in [4.78, 5) is 15.2. The number of benzene rings is 1. The molecule has 0 unspecified atom stereocenters. The number of hydrogen-bond acceptors (Lipinski definition) is 3. The molecule has 2 heterocycles. The van der Waals surface area contributed by atoms with Crippen molar-refractivity contribution in [2.24, 2.45) is 0 Å². The largest absolute Gasteiger partial charge is 0.478 e. The average molecular weight is 263 g/mol. The van der Waals surface area contributed by atoms with E-state index < -0.39 is 5.97 Å². The van der Waals surface area contributed by atoms with Gasteiger partial charge in [-0.3, -0.25) is 0 Å². The van der Waals surface area contributed by atoms with Crippen LogP contribution in [0.1, 0.15) is 16.1 Å². The van der Waals surface area contributed by atoms with E-state index >= 15 is 0 Å². The maximum absolute atomic E-state index is 11.3. The third-order valence-electron chi connectivity index (χ3n) is 3.08. The number of nitrogens with zero attached hydrogens (tertiary/aromatic N) is 3. The van der Waals surface area contributed by atoms with Gasteiger partial charge in [-0.15, -0.1) is 0 Å². The van der Waals surface area contributed by atoms with E-state index in [2.05, 4.69) is 4.98 Å². The normalized spacial score (nSPS) is 10.3. The molecule has 0 bridgehead atoms. The Morgan fingerprint density at radius 3 is 2.85 bits per heavy atom. The van der Waals surface area contributed by atoms with Gasteiger partial charge in [0.25, 0.3) is 0 Å². The van der Waals surface area contributed by atoms with E-state index in [9.17, 15) is 9.90 Å². The lowest BCUT2D eigenvalue weighted by Gasteiger charge is -2.04. The van der Waals surface area contributed by atoms with Gasteiger partial charge in [0, 0.05) is 23.5 Å². The molecule has 0 aliphatic heterocycles. The van der Waals surface area contributed by atoms with Gasteiger partial charge in [0.1, 0.15) is 11.8 Å². The van der Waals surface area contributed by atoms with Crippen LogP contribution in [0.5, 0.6) is 0 Å². The van der Waals surface area contributed by atoms with Crippen LogP contribution in [0.4, 0.5) is 0 Å². The number of nitriles is 1. The topological polar surface area (TPSA) is 78.9 Å². The lowest BCUT2D eigenvalue weighted by molar-refractivity contribution is 0.0699. The van der Waals surface area contributed by atoms with Crippen molar-refractivity contribution in [2.45, 2.75) is 0 Å². The number of hydrogen-bond donors (Lipinski definition) is 1. The molecular formula is C15H9N3O2. The van der Waals surface area contributed by atoms with Crippen LogP contribution < -0.4 is 0 Å². The van der Waals surface area contributed by atoms with Gasteiger partial charge in [0.15, 0.2) is 0 Å². The maximum Gasteiger partial charge on any atom is 0.337 e. The van der Waals surface area contributed by atoms with Crippen LogP contribution in [0, 0.1) is 11.3 Å². The molecule has 0 amide bonds. The molecule has 3 aromatic rings. The monoisotopic (exact) mass is 263 g/mol. The minimum Gasteiger partial charge on any atom is -0.478 e. The molecule has 5 nitrogen and oxygen atoms in total. The first-order valence-corrected chi connectivity index (χ1v) is 5.90. The predicted molar refractivity (Wildman–Crippen MR) is 72.7 cm³/mol. The second-order valence-corrected chi connectivity index (χ2v) is 4.25. The highest BCUT2D eigenvalue weighted by atomic mass is 16.4. The zero-order chi connectivity index (χ0) is 14.1. The Kier molecular flexibility index (Phi) is 2.70. The molecule has 0 saturated heterocycles. The van der Waals surface area contributed by atoms with Crippen molar-refractivity contribution in [3.05, 3.63) is 60.0 Å². The fourth-order valence-electron chi connectivity index (χ4n) is 2.19. The van der Waals surface area contributed by atoms with Gasteiger partial charge in [0.2, 0.25) is 0 Å². The second-order valence-electron chi connectivity index (χ2n) is 4.25. The molecular weight excluding hydrogens is 254 g/mol. The molecule has 0 spiro atoms. The number of carboxylic acid groups (broad SMARTS) is 1. The Morgan fingerprint density at radius 2 is 2.10 bits per heavy atom. The van der Waals surface area contributed by atoms with E-state index in [-0.39, 0.29) is 11.3 Å². The minimum atomic E-state index is -0.977. The van der Waals surface area contributed by atoms with Gasteiger partial charge in [-0.2, -0.15) is 5.26 Å². The van der Waals surface area contributed by atoms with E-state index in [4.69, 9.17) is 5.26 Å².